The maximum Gasteiger partial charge on any atom is 0.0630 e. The number of hydrogen-bond acceptors (Lipinski definition) is 0. The first-order valence-electron chi connectivity index (χ1n) is 22.0. The lowest BCUT2D eigenvalue weighted by Gasteiger charge is -2.35. The van der Waals surface area contributed by atoms with Gasteiger partial charge >= 0.3 is 0 Å². The summed E-state index contributed by atoms with van der Waals surface area (Å²) in [5.74, 6) is 0. The molecule has 47 heavy (non-hydrogen) atoms. The fourth-order valence-corrected chi connectivity index (χ4v) is 7.54. The molecule has 0 aromatic heterocycles. The van der Waals surface area contributed by atoms with E-state index < -0.39 is 78.1 Å². The molecule has 220 valence electrons. The van der Waals surface area contributed by atoms with Crippen LogP contribution in [-0.4, -0.2) is 0 Å². The topological polar surface area (TPSA) is 0 Å². The summed E-state index contributed by atoms with van der Waals surface area (Å²) in [5, 5.41) is 1.90. The van der Waals surface area contributed by atoms with E-state index in [-0.39, 0.29) is 54.9 Å². The van der Waals surface area contributed by atoms with Crippen molar-refractivity contribution < 1.29 is 17.8 Å². The van der Waals surface area contributed by atoms with Crippen molar-refractivity contribution in [1.29, 1.82) is 0 Å². The van der Waals surface area contributed by atoms with E-state index in [0.29, 0.717) is 5.56 Å². The molecule has 0 radical (unpaired) electrons. The zero-order valence-corrected chi connectivity index (χ0v) is 25.5. The second kappa shape index (κ2) is 9.64. The average Bonchev–Trinajstić information content (AvgIpc) is 3.24. The van der Waals surface area contributed by atoms with E-state index in [1.807, 2.05) is 18.2 Å². The van der Waals surface area contributed by atoms with Crippen LogP contribution in [0.4, 0.5) is 0 Å². The highest BCUT2D eigenvalue weighted by atomic mass is 14.4. The summed E-state index contributed by atoms with van der Waals surface area (Å²) in [6, 6.07) is 19.2. The predicted octanol–water partition coefficient (Wildman–Crippen LogP) is 13.0. The van der Waals surface area contributed by atoms with Crippen LogP contribution in [0.5, 0.6) is 0 Å². The summed E-state index contributed by atoms with van der Waals surface area (Å²) in [6.45, 7) is 4.46. The standard InChI is InChI=1S/C47H32/c1-47(2)42-26-21-34(28-41(42)38-15-7-11-30-12-8-16-43(47)44(30)38)33-13-6-14-35(27-33)37-23-18-32-19-24-39-36(29-9-4-3-5-10-29)22-17-31-20-25-40(37)46(32)45(31)39/h3-28H,1-2H3/i3D,4D,5D,9D,10D,17D,18D,19D,20D,22D,23D,24D,25D. The van der Waals surface area contributed by atoms with Gasteiger partial charge in [0.05, 0.1) is 17.8 Å². The summed E-state index contributed by atoms with van der Waals surface area (Å²) in [5.41, 5.74) is 5.89. The van der Waals surface area contributed by atoms with Crippen molar-refractivity contribution in [1.82, 2.24) is 0 Å². The van der Waals surface area contributed by atoms with Crippen molar-refractivity contribution in [3.05, 3.63) is 169 Å². The van der Waals surface area contributed by atoms with Gasteiger partial charge in [-0.1, -0.05) is 159 Å². The van der Waals surface area contributed by atoms with Gasteiger partial charge in [-0.3, -0.25) is 0 Å². The molecule has 0 spiro atoms. The van der Waals surface area contributed by atoms with Gasteiger partial charge < -0.3 is 0 Å². The molecule has 0 atom stereocenters. The minimum atomic E-state index is -0.686. The average molecular weight is 610 g/mol. The van der Waals surface area contributed by atoms with Gasteiger partial charge in [-0.15, -0.1) is 0 Å². The van der Waals surface area contributed by atoms with Crippen molar-refractivity contribution in [3.8, 4) is 44.5 Å². The molecule has 0 unspecified atom stereocenters. The molecule has 0 saturated carbocycles. The SMILES string of the molecule is [2H]c1c([2H])c([2H])c(-c2c([2H])c([2H])c3c([2H])c([2H])c4c(-c5cccc(-c6ccc7c(c6)-c6cccc8cccc(c68)C7(C)C)c5)c([2H])c([2H])c5c([2H])c([2H])c2c3c54)c([2H])c1[2H]. The van der Waals surface area contributed by atoms with Crippen LogP contribution < -0.4 is 0 Å². The first-order chi connectivity index (χ1) is 28.5. The summed E-state index contributed by atoms with van der Waals surface area (Å²) < 4.78 is 116. The maximum absolute atomic E-state index is 9.41. The minimum Gasteiger partial charge on any atom is -0.0622 e. The van der Waals surface area contributed by atoms with Gasteiger partial charge in [-0.2, -0.15) is 0 Å². The normalized spacial score (nSPS) is 17.4. The van der Waals surface area contributed by atoms with E-state index in [1.54, 1.807) is 6.07 Å². The number of fused-ring (bicyclic) bond motifs is 2. The Bertz CT molecular complexity index is 3410. The second-order valence-corrected chi connectivity index (χ2v) is 12.7. The van der Waals surface area contributed by atoms with Crippen LogP contribution in [0, 0.1) is 0 Å². The van der Waals surface area contributed by atoms with E-state index in [9.17, 15) is 8.22 Å². The molecule has 0 amide bonds. The summed E-state index contributed by atoms with van der Waals surface area (Å²) in [6.07, 6.45) is 0. The van der Waals surface area contributed by atoms with E-state index in [1.165, 1.54) is 16.5 Å². The van der Waals surface area contributed by atoms with Gasteiger partial charge in [0.2, 0.25) is 0 Å². The highest BCUT2D eigenvalue weighted by Crippen LogP contribution is 2.50. The Morgan fingerprint density at radius 2 is 1.02 bits per heavy atom. The molecule has 1 aliphatic carbocycles. The molecule has 9 aromatic rings. The van der Waals surface area contributed by atoms with Gasteiger partial charge in [-0.05, 0) is 111 Å². The zero-order chi connectivity index (χ0) is 42.6. The van der Waals surface area contributed by atoms with E-state index in [0.717, 1.165) is 27.6 Å². The monoisotopic (exact) mass is 609 g/mol. The highest BCUT2D eigenvalue weighted by molar-refractivity contribution is 6.27. The minimum absolute atomic E-state index is 0.0116. The van der Waals surface area contributed by atoms with Crippen molar-refractivity contribution in [3.63, 3.8) is 0 Å². The summed E-state index contributed by atoms with van der Waals surface area (Å²) in [4.78, 5) is 0. The number of hydrogen-bond donors (Lipinski definition) is 0. The van der Waals surface area contributed by atoms with Crippen molar-refractivity contribution in [2.75, 3.05) is 0 Å². The third-order valence-corrected chi connectivity index (χ3v) is 9.80. The molecule has 10 rings (SSSR count). The van der Waals surface area contributed by atoms with Crippen LogP contribution in [-0.2, 0) is 5.41 Å². The van der Waals surface area contributed by atoms with Crippen LogP contribution in [0.15, 0.2) is 157 Å². The fourth-order valence-electron chi connectivity index (χ4n) is 7.54. The van der Waals surface area contributed by atoms with Gasteiger partial charge in [0.15, 0.2) is 0 Å². The molecular weight excluding hydrogens is 565 g/mol. The Kier molecular flexibility index (Phi) is 3.43. The molecule has 0 heterocycles. The van der Waals surface area contributed by atoms with Crippen molar-refractivity contribution in [2.45, 2.75) is 19.3 Å². The van der Waals surface area contributed by atoms with Gasteiger partial charge in [0.1, 0.15) is 0 Å². The van der Waals surface area contributed by atoms with Crippen molar-refractivity contribution >= 4 is 43.1 Å². The lowest BCUT2D eigenvalue weighted by atomic mass is 9.68. The first kappa shape index (κ1) is 16.7. The summed E-state index contributed by atoms with van der Waals surface area (Å²) in [7, 11) is 0. The molecule has 0 N–H and O–H groups in total. The maximum atomic E-state index is 9.41. The van der Waals surface area contributed by atoms with Gasteiger partial charge in [-0.25, -0.2) is 0 Å². The van der Waals surface area contributed by atoms with Crippen molar-refractivity contribution in [2.24, 2.45) is 0 Å². The van der Waals surface area contributed by atoms with E-state index in [4.69, 9.17) is 9.60 Å². The smallest absolute Gasteiger partial charge is 0.0622 e. The highest BCUT2D eigenvalue weighted by Gasteiger charge is 2.33. The third-order valence-electron chi connectivity index (χ3n) is 9.80. The molecule has 0 saturated heterocycles. The molecule has 0 bridgehead atoms. The molecule has 1 aliphatic rings. The molecular formula is C47H32. The van der Waals surface area contributed by atoms with Crippen LogP contribution in [0.1, 0.15) is 42.8 Å². The van der Waals surface area contributed by atoms with Gasteiger partial charge in [0.25, 0.3) is 0 Å². The first-order valence-corrected chi connectivity index (χ1v) is 15.5. The van der Waals surface area contributed by atoms with Crippen LogP contribution in [0.2, 0.25) is 0 Å². The zero-order valence-electron chi connectivity index (χ0n) is 38.5. The second-order valence-electron chi connectivity index (χ2n) is 12.7. The lowest BCUT2D eigenvalue weighted by Crippen LogP contribution is -2.23. The predicted molar refractivity (Wildman–Crippen MR) is 202 cm³/mol. The lowest BCUT2D eigenvalue weighted by molar-refractivity contribution is 0.645. The Morgan fingerprint density at radius 1 is 0.404 bits per heavy atom. The Labute approximate surface area is 293 Å². The molecule has 0 nitrogen and oxygen atoms in total. The van der Waals surface area contributed by atoms with E-state index in [2.05, 4.69) is 68.4 Å². The largest absolute Gasteiger partial charge is 0.0630 e. The summed E-state index contributed by atoms with van der Waals surface area (Å²) >= 11 is 0. The quantitative estimate of drug-likeness (QED) is 0.175. The Morgan fingerprint density at radius 3 is 1.77 bits per heavy atom. The number of benzene rings is 9. The third kappa shape index (κ3) is 3.76. The molecule has 9 aromatic carbocycles. The molecule has 0 fully saturated rings. The molecule has 0 aliphatic heterocycles. The van der Waals surface area contributed by atoms with Crippen LogP contribution in [0.25, 0.3) is 87.6 Å². The Hall–Kier alpha value is -5.72. The van der Waals surface area contributed by atoms with Crippen LogP contribution in [0.3, 0.4) is 0 Å². The van der Waals surface area contributed by atoms with E-state index >= 15 is 0 Å². The Balaban J connectivity index is 1.28. The van der Waals surface area contributed by atoms with Gasteiger partial charge in [0, 0.05) is 5.41 Å². The number of rotatable bonds is 3. The molecule has 0 heteroatoms. The van der Waals surface area contributed by atoms with Crippen LogP contribution >= 0.6 is 0 Å². The fraction of sp³-hybridized carbons (Fsp3) is 0.0638.